The molecule has 0 saturated carbocycles. The maximum absolute atomic E-state index is 7.62. The van der Waals surface area contributed by atoms with E-state index in [1.54, 1.807) is 0 Å². The Labute approximate surface area is 90.9 Å². The Morgan fingerprint density at radius 2 is 2.00 bits per heavy atom. The first kappa shape index (κ1) is 3.45. The van der Waals surface area contributed by atoms with Gasteiger partial charge in [0.05, 0.1) is 11.4 Å². The molecular formula is C8H7Cl3. The van der Waals surface area contributed by atoms with Crippen LogP contribution in [0, 0.1) is 13.7 Å². The molecule has 0 fully saturated rings. The molecule has 1 aromatic carbocycles. The van der Waals surface area contributed by atoms with Crippen LogP contribution in [0.3, 0.4) is 0 Å². The SMILES string of the molecule is [2H]c1c(Cl)c(C([2H])([2H])[2H])c(Cl)c(Cl)c1C([2H])([2H])[2H]. The molecule has 0 saturated heterocycles. The summed E-state index contributed by atoms with van der Waals surface area (Å²) in [5, 5.41) is -1.45. The molecule has 0 spiro atoms. The summed E-state index contributed by atoms with van der Waals surface area (Å²) in [6.45, 7) is -5.38. The van der Waals surface area contributed by atoms with Crippen molar-refractivity contribution in [1.82, 2.24) is 0 Å². The quantitative estimate of drug-likeness (QED) is 0.569. The van der Waals surface area contributed by atoms with E-state index in [4.69, 9.17) is 44.4 Å². The van der Waals surface area contributed by atoms with Crippen LogP contribution in [0.4, 0.5) is 0 Å². The first-order chi connectivity index (χ1) is 7.89. The van der Waals surface area contributed by atoms with Crippen molar-refractivity contribution in [2.24, 2.45) is 0 Å². The number of hydrogen-bond donors (Lipinski definition) is 0. The van der Waals surface area contributed by atoms with Gasteiger partial charge in [-0.2, -0.15) is 0 Å². The van der Waals surface area contributed by atoms with Crippen molar-refractivity contribution in [1.29, 1.82) is 0 Å². The van der Waals surface area contributed by atoms with Gasteiger partial charge in [-0.15, -0.1) is 0 Å². The molecule has 0 N–H and O–H groups in total. The minimum Gasteiger partial charge on any atom is -0.0840 e. The Kier molecular flexibility index (Phi) is 1.01. The Hall–Kier alpha value is 0.0900. The van der Waals surface area contributed by atoms with Crippen molar-refractivity contribution < 1.29 is 9.60 Å². The van der Waals surface area contributed by atoms with E-state index in [-0.39, 0.29) is 0 Å². The molecule has 0 aromatic heterocycles. The molecule has 0 unspecified atom stereocenters. The van der Waals surface area contributed by atoms with Crippen LogP contribution in [0.2, 0.25) is 15.1 Å². The van der Waals surface area contributed by atoms with Crippen molar-refractivity contribution in [3.8, 4) is 0 Å². The maximum atomic E-state index is 7.62. The molecule has 3 heteroatoms. The summed E-state index contributed by atoms with van der Waals surface area (Å²) in [4.78, 5) is 0. The van der Waals surface area contributed by atoms with E-state index >= 15 is 0 Å². The summed E-state index contributed by atoms with van der Waals surface area (Å²) in [5.41, 5.74) is -1.05. The summed E-state index contributed by atoms with van der Waals surface area (Å²) >= 11 is 17.2. The Bertz CT molecular complexity index is 415. The van der Waals surface area contributed by atoms with Gasteiger partial charge >= 0.3 is 0 Å². The highest BCUT2D eigenvalue weighted by Gasteiger charge is 2.07. The van der Waals surface area contributed by atoms with Crippen molar-refractivity contribution in [3.05, 3.63) is 32.2 Å². The van der Waals surface area contributed by atoms with Crippen molar-refractivity contribution in [3.63, 3.8) is 0 Å². The zero-order valence-electron chi connectivity index (χ0n) is 12.1. The van der Waals surface area contributed by atoms with Crippen molar-refractivity contribution >= 4 is 34.8 Å². The number of rotatable bonds is 0. The van der Waals surface area contributed by atoms with Gasteiger partial charge in [0.2, 0.25) is 0 Å². The zero-order valence-corrected chi connectivity index (χ0v) is 7.40. The van der Waals surface area contributed by atoms with Crippen LogP contribution in [-0.2, 0) is 0 Å². The first-order valence-electron chi connectivity index (χ1n) is 6.07. The third kappa shape index (κ3) is 1.64. The molecule has 0 aliphatic heterocycles. The minimum absolute atomic E-state index is 0.455. The fourth-order valence-corrected chi connectivity index (χ4v) is 1.11. The molecule has 1 rings (SSSR count). The highest BCUT2D eigenvalue weighted by Crippen LogP contribution is 2.33. The van der Waals surface area contributed by atoms with E-state index in [0.717, 1.165) is 0 Å². The van der Waals surface area contributed by atoms with Gasteiger partial charge in [-0.1, -0.05) is 34.8 Å². The molecule has 0 nitrogen and oxygen atoms in total. The van der Waals surface area contributed by atoms with E-state index < -0.39 is 45.9 Å². The van der Waals surface area contributed by atoms with Gasteiger partial charge in [-0.25, -0.2) is 0 Å². The van der Waals surface area contributed by atoms with Crippen LogP contribution in [0.1, 0.15) is 20.7 Å². The van der Waals surface area contributed by atoms with E-state index in [1.807, 2.05) is 0 Å². The van der Waals surface area contributed by atoms with Crippen LogP contribution in [-0.4, -0.2) is 0 Å². The van der Waals surface area contributed by atoms with Gasteiger partial charge in [0.25, 0.3) is 0 Å². The second kappa shape index (κ2) is 3.22. The molecule has 0 atom stereocenters. The Morgan fingerprint density at radius 3 is 2.55 bits per heavy atom. The normalized spacial score (nSPS) is 21.9. The predicted molar refractivity (Wildman–Crippen MR) is 50.9 cm³/mol. The van der Waals surface area contributed by atoms with E-state index in [0.29, 0.717) is 0 Å². The predicted octanol–water partition coefficient (Wildman–Crippen LogP) is 4.26. The highest BCUT2D eigenvalue weighted by atomic mass is 35.5. The molecule has 0 amide bonds. The lowest BCUT2D eigenvalue weighted by Gasteiger charge is -2.05. The van der Waals surface area contributed by atoms with E-state index in [2.05, 4.69) is 0 Å². The molecule has 0 radical (unpaired) electrons. The monoisotopic (exact) mass is 215 g/mol. The summed E-state index contributed by atoms with van der Waals surface area (Å²) in [6, 6.07) is -0.641. The van der Waals surface area contributed by atoms with E-state index in [9.17, 15) is 0 Å². The van der Waals surface area contributed by atoms with Crippen molar-refractivity contribution in [2.75, 3.05) is 0 Å². The second-order valence-corrected chi connectivity index (χ2v) is 2.95. The molecule has 0 aliphatic rings. The zero-order chi connectivity index (χ0) is 14.5. The minimum atomic E-state index is -2.70. The largest absolute Gasteiger partial charge is 0.0840 e. The van der Waals surface area contributed by atoms with Crippen LogP contribution < -0.4 is 0 Å². The average Bonchev–Trinajstić information content (AvgIpc) is 2.10. The molecule has 0 bridgehead atoms. The second-order valence-electron chi connectivity index (χ2n) is 1.82. The summed E-state index contributed by atoms with van der Waals surface area (Å²) in [5.74, 6) is 0. The number of halogens is 3. The smallest absolute Gasteiger partial charge is 0.0642 e. The average molecular weight is 217 g/mol. The highest BCUT2D eigenvalue weighted by molar-refractivity contribution is 6.44. The Morgan fingerprint density at radius 1 is 1.27 bits per heavy atom. The molecule has 60 valence electrons. The van der Waals surface area contributed by atoms with E-state index in [1.165, 1.54) is 0 Å². The van der Waals surface area contributed by atoms with Crippen LogP contribution in [0.25, 0.3) is 0 Å². The van der Waals surface area contributed by atoms with Crippen LogP contribution >= 0.6 is 34.8 Å². The third-order valence-corrected chi connectivity index (χ3v) is 2.22. The summed E-state index contributed by atoms with van der Waals surface area (Å²) in [6.07, 6.45) is 0. The first-order valence-corrected chi connectivity index (χ1v) is 3.70. The molecule has 0 heterocycles. The topological polar surface area (TPSA) is 0 Å². The fourth-order valence-electron chi connectivity index (χ4n) is 0.543. The van der Waals surface area contributed by atoms with Crippen molar-refractivity contribution in [2.45, 2.75) is 13.7 Å². The standard InChI is InChI=1S/C8H7Cl3/c1-4-3-6(9)5(2)8(11)7(4)10/h3H,1-2H3/i1D3,2D3,3D. The Balaban J connectivity index is 3.79. The lowest BCUT2D eigenvalue weighted by Crippen LogP contribution is -1.83. The lowest BCUT2D eigenvalue weighted by molar-refractivity contribution is 1.40. The third-order valence-electron chi connectivity index (χ3n) is 1.09. The fraction of sp³-hybridized carbons (Fsp3) is 0.250. The lowest BCUT2D eigenvalue weighted by atomic mass is 10.2. The van der Waals surface area contributed by atoms with Gasteiger partial charge in [-0.05, 0) is 30.9 Å². The molecule has 11 heavy (non-hydrogen) atoms. The van der Waals surface area contributed by atoms with Gasteiger partial charge in [0, 0.05) is 13.2 Å². The van der Waals surface area contributed by atoms with Crippen LogP contribution in [0.15, 0.2) is 6.04 Å². The maximum Gasteiger partial charge on any atom is 0.0642 e. The van der Waals surface area contributed by atoms with Gasteiger partial charge in [-0.3, -0.25) is 0 Å². The van der Waals surface area contributed by atoms with Gasteiger partial charge in [0.1, 0.15) is 0 Å². The summed E-state index contributed by atoms with van der Waals surface area (Å²) in [7, 11) is 0. The molecular weight excluding hydrogens is 202 g/mol. The number of hydrogen-bond acceptors (Lipinski definition) is 0. The van der Waals surface area contributed by atoms with Gasteiger partial charge < -0.3 is 0 Å². The number of benzene rings is 1. The molecule has 1 aromatic rings. The van der Waals surface area contributed by atoms with Crippen LogP contribution in [0.5, 0.6) is 0 Å². The van der Waals surface area contributed by atoms with Gasteiger partial charge in [0.15, 0.2) is 0 Å². The summed E-state index contributed by atoms with van der Waals surface area (Å²) < 4.78 is 51.1. The molecule has 0 aliphatic carbocycles.